The lowest BCUT2D eigenvalue weighted by Crippen LogP contribution is -2.19. The fourth-order valence-electron chi connectivity index (χ4n) is 3.08. The Morgan fingerprint density at radius 2 is 2.08 bits per heavy atom. The van der Waals surface area contributed by atoms with Gasteiger partial charge in [-0.05, 0) is 30.7 Å². The number of methoxy groups -OCH3 is 1. The Bertz CT molecular complexity index is 819. The van der Waals surface area contributed by atoms with Gasteiger partial charge in [0.2, 0.25) is 5.89 Å². The van der Waals surface area contributed by atoms with Gasteiger partial charge < -0.3 is 9.15 Å². The van der Waals surface area contributed by atoms with Crippen molar-refractivity contribution in [2.24, 2.45) is 0 Å². The van der Waals surface area contributed by atoms with E-state index < -0.39 is 0 Å². The van der Waals surface area contributed by atoms with Gasteiger partial charge in [-0.3, -0.25) is 9.88 Å². The Morgan fingerprint density at radius 3 is 2.84 bits per heavy atom. The highest BCUT2D eigenvalue weighted by molar-refractivity contribution is 5.43. The van der Waals surface area contributed by atoms with Gasteiger partial charge in [0.05, 0.1) is 19.2 Å². The summed E-state index contributed by atoms with van der Waals surface area (Å²) >= 11 is 0. The highest BCUT2D eigenvalue weighted by Gasteiger charge is 2.28. The molecule has 3 heterocycles. The maximum absolute atomic E-state index is 5.81. The average Bonchev–Trinajstić information content (AvgIpc) is 3.32. The summed E-state index contributed by atoms with van der Waals surface area (Å²) in [5.74, 6) is 2.25. The number of ether oxygens (including phenoxy) is 1. The maximum atomic E-state index is 5.81. The maximum Gasteiger partial charge on any atom is 0.267 e. The number of rotatable bonds is 5. The molecular formula is C18H19N5O2. The van der Waals surface area contributed by atoms with Crippen LogP contribution in [0.2, 0.25) is 0 Å². The quantitative estimate of drug-likeness (QED) is 0.708. The number of benzene rings is 1. The van der Waals surface area contributed by atoms with Crippen LogP contribution >= 0.6 is 0 Å². The summed E-state index contributed by atoms with van der Waals surface area (Å²) in [6.45, 7) is 2.83. The number of nitrogens with zero attached hydrogens (tertiary/aromatic N) is 5. The molecule has 0 spiro atoms. The zero-order valence-electron chi connectivity index (χ0n) is 14.0. The van der Waals surface area contributed by atoms with Crippen molar-refractivity contribution in [2.45, 2.75) is 18.9 Å². The number of hydrogen-bond donors (Lipinski definition) is 0. The van der Waals surface area contributed by atoms with Crippen LogP contribution in [0.4, 0.5) is 0 Å². The summed E-state index contributed by atoms with van der Waals surface area (Å²) < 4.78 is 11.0. The SMILES string of the molecule is COc1ccc(CN2CC[C@@H](c3nnc(-c4cnccn4)o3)C2)cc1. The molecule has 1 saturated heterocycles. The summed E-state index contributed by atoms with van der Waals surface area (Å²) in [6, 6.07) is 8.19. The third-order valence-corrected chi connectivity index (χ3v) is 4.41. The van der Waals surface area contributed by atoms with Crippen LogP contribution < -0.4 is 4.74 Å². The minimum absolute atomic E-state index is 0.260. The summed E-state index contributed by atoms with van der Waals surface area (Å²) in [7, 11) is 1.68. The Balaban J connectivity index is 1.39. The fourth-order valence-corrected chi connectivity index (χ4v) is 3.08. The van der Waals surface area contributed by atoms with E-state index in [0.29, 0.717) is 17.5 Å². The van der Waals surface area contributed by atoms with Gasteiger partial charge in [0.25, 0.3) is 5.89 Å². The zero-order chi connectivity index (χ0) is 17.1. The van der Waals surface area contributed by atoms with Crippen molar-refractivity contribution in [1.82, 2.24) is 25.1 Å². The molecule has 7 heteroatoms. The molecule has 0 N–H and O–H groups in total. The lowest BCUT2D eigenvalue weighted by Gasteiger charge is -2.15. The van der Waals surface area contributed by atoms with E-state index in [9.17, 15) is 0 Å². The number of hydrogen-bond acceptors (Lipinski definition) is 7. The van der Waals surface area contributed by atoms with Crippen LogP contribution in [-0.2, 0) is 6.54 Å². The molecule has 0 radical (unpaired) electrons. The highest BCUT2D eigenvalue weighted by atomic mass is 16.5. The van der Waals surface area contributed by atoms with E-state index in [1.165, 1.54) is 5.56 Å². The zero-order valence-corrected chi connectivity index (χ0v) is 14.0. The van der Waals surface area contributed by atoms with E-state index in [1.54, 1.807) is 25.7 Å². The van der Waals surface area contributed by atoms with E-state index in [2.05, 4.69) is 37.2 Å². The Labute approximate surface area is 145 Å². The first-order valence-electron chi connectivity index (χ1n) is 8.27. The van der Waals surface area contributed by atoms with Gasteiger partial charge in [-0.2, -0.15) is 0 Å². The predicted molar refractivity (Wildman–Crippen MR) is 91.0 cm³/mol. The molecule has 25 heavy (non-hydrogen) atoms. The van der Waals surface area contributed by atoms with Gasteiger partial charge >= 0.3 is 0 Å². The molecule has 1 aliphatic rings. The van der Waals surface area contributed by atoms with Gasteiger partial charge in [0.1, 0.15) is 11.4 Å². The van der Waals surface area contributed by atoms with Gasteiger partial charge in [0.15, 0.2) is 0 Å². The smallest absolute Gasteiger partial charge is 0.267 e. The van der Waals surface area contributed by atoms with Crippen LogP contribution in [0.3, 0.4) is 0 Å². The van der Waals surface area contributed by atoms with E-state index in [1.807, 2.05) is 12.1 Å². The molecule has 1 fully saturated rings. The van der Waals surface area contributed by atoms with E-state index in [0.717, 1.165) is 31.8 Å². The van der Waals surface area contributed by atoms with Gasteiger partial charge in [-0.15, -0.1) is 10.2 Å². The monoisotopic (exact) mass is 337 g/mol. The second kappa shape index (κ2) is 6.98. The molecule has 4 rings (SSSR count). The molecule has 0 amide bonds. The number of likely N-dealkylation sites (tertiary alicyclic amines) is 1. The average molecular weight is 337 g/mol. The third-order valence-electron chi connectivity index (χ3n) is 4.41. The van der Waals surface area contributed by atoms with Gasteiger partial charge in [0, 0.05) is 25.5 Å². The van der Waals surface area contributed by atoms with E-state index in [4.69, 9.17) is 9.15 Å². The van der Waals surface area contributed by atoms with Crippen molar-refractivity contribution < 1.29 is 9.15 Å². The third kappa shape index (κ3) is 3.51. The largest absolute Gasteiger partial charge is 0.497 e. The molecule has 1 atom stereocenters. The van der Waals surface area contributed by atoms with Crippen LogP contribution in [0.1, 0.15) is 23.8 Å². The molecule has 0 aliphatic carbocycles. The minimum Gasteiger partial charge on any atom is -0.497 e. The van der Waals surface area contributed by atoms with E-state index >= 15 is 0 Å². The molecule has 2 aromatic heterocycles. The lowest BCUT2D eigenvalue weighted by molar-refractivity contribution is 0.320. The normalized spacial score (nSPS) is 17.7. The van der Waals surface area contributed by atoms with E-state index in [-0.39, 0.29) is 5.92 Å². The molecule has 7 nitrogen and oxygen atoms in total. The molecule has 0 unspecified atom stereocenters. The second-order valence-electron chi connectivity index (χ2n) is 6.10. The molecule has 1 aliphatic heterocycles. The molecular weight excluding hydrogens is 318 g/mol. The molecule has 3 aromatic rings. The first-order chi connectivity index (χ1) is 12.3. The Hall–Kier alpha value is -2.80. The molecule has 1 aromatic carbocycles. The summed E-state index contributed by atoms with van der Waals surface area (Å²) in [5.41, 5.74) is 1.88. The standard InChI is InChI=1S/C18H19N5O2/c1-24-15-4-2-13(3-5-15)11-23-9-6-14(12-23)17-21-22-18(25-17)16-10-19-7-8-20-16/h2-5,7-8,10,14H,6,9,11-12H2,1H3/t14-/m1/s1. The highest BCUT2D eigenvalue weighted by Crippen LogP contribution is 2.29. The van der Waals surface area contributed by atoms with Crippen molar-refractivity contribution >= 4 is 0 Å². The Kier molecular flexibility index (Phi) is 4.39. The molecule has 0 saturated carbocycles. The lowest BCUT2D eigenvalue weighted by atomic mass is 10.1. The van der Waals surface area contributed by atoms with Crippen molar-refractivity contribution in [3.05, 3.63) is 54.3 Å². The predicted octanol–water partition coefficient (Wildman–Crippen LogP) is 2.52. The summed E-state index contributed by atoms with van der Waals surface area (Å²) in [6.07, 6.45) is 5.88. The second-order valence-corrected chi connectivity index (χ2v) is 6.10. The van der Waals surface area contributed by atoms with Crippen LogP contribution in [-0.4, -0.2) is 45.3 Å². The van der Waals surface area contributed by atoms with Crippen molar-refractivity contribution in [2.75, 3.05) is 20.2 Å². The van der Waals surface area contributed by atoms with Crippen LogP contribution in [0.5, 0.6) is 5.75 Å². The topological polar surface area (TPSA) is 77.2 Å². The fraction of sp³-hybridized carbons (Fsp3) is 0.333. The van der Waals surface area contributed by atoms with Crippen LogP contribution in [0.15, 0.2) is 47.3 Å². The van der Waals surface area contributed by atoms with Gasteiger partial charge in [-0.1, -0.05) is 12.1 Å². The van der Waals surface area contributed by atoms with Crippen LogP contribution in [0, 0.1) is 0 Å². The van der Waals surface area contributed by atoms with Crippen molar-refractivity contribution in [3.8, 4) is 17.3 Å². The van der Waals surface area contributed by atoms with Crippen LogP contribution in [0.25, 0.3) is 11.6 Å². The number of aromatic nitrogens is 4. The summed E-state index contributed by atoms with van der Waals surface area (Å²) in [5, 5.41) is 8.32. The molecule has 128 valence electrons. The first kappa shape index (κ1) is 15.7. The van der Waals surface area contributed by atoms with Gasteiger partial charge in [-0.25, -0.2) is 4.98 Å². The summed E-state index contributed by atoms with van der Waals surface area (Å²) in [4.78, 5) is 10.6. The Morgan fingerprint density at radius 1 is 1.20 bits per heavy atom. The first-order valence-corrected chi connectivity index (χ1v) is 8.27. The van der Waals surface area contributed by atoms with Crippen molar-refractivity contribution in [1.29, 1.82) is 0 Å². The van der Waals surface area contributed by atoms with Crippen molar-refractivity contribution in [3.63, 3.8) is 0 Å². The minimum atomic E-state index is 0.260. The molecule has 0 bridgehead atoms.